The van der Waals surface area contributed by atoms with Crippen LogP contribution in [0.5, 0.6) is 0 Å². The topological polar surface area (TPSA) is 95.9 Å². The Morgan fingerprint density at radius 2 is 2.00 bits per heavy atom. The van der Waals surface area contributed by atoms with Crippen molar-refractivity contribution in [3.05, 3.63) is 23.8 Å². The van der Waals surface area contributed by atoms with Gasteiger partial charge in [0.05, 0.1) is 31.4 Å². The Balaban J connectivity index is 1.57. The third kappa shape index (κ3) is 5.47. The quantitative estimate of drug-likeness (QED) is 0.622. The van der Waals surface area contributed by atoms with Gasteiger partial charge in [-0.05, 0) is 26.3 Å². The van der Waals surface area contributed by atoms with Crippen LogP contribution in [0.25, 0.3) is 0 Å². The number of rotatable bonds is 7. The molecule has 10 heteroatoms. The highest BCUT2D eigenvalue weighted by atomic mass is 32.2. The first-order valence-electron chi connectivity index (χ1n) is 9.69. The predicted molar refractivity (Wildman–Crippen MR) is 105 cm³/mol. The molecule has 156 valence electrons. The molecular weight excluding hydrogens is 382 g/mol. The van der Waals surface area contributed by atoms with Gasteiger partial charge in [0.25, 0.3) is 5.91 Å². The Morgan fingerprint density at radius 3 is 2.64 bits per heavy atom. The number of hydrogen-bond acceptors (Lipinski definition) is 7. The van der Waals surface area contributed by atoms with Crippen LogP contribution < -0.4 is 0 Å². The van der Waals surface area contributed by atoms with E-state index in [1.54, 1.807) is 15.4 Å². The van der Waals surface area contributed by atoms with Crippen LogP contribution >= 0.6 is 0 Å². The molecule has 9 nitrogen and oxygen atoms in total. The minimum Gasteiger partial charge on any atom is -0.379 e. The summed E-state index contributed by atoms with van der Waals surface area (Å²) in [7, 11) is -3.35. The average Bonchev–Trinajstić information content (AvgIpc) is 3.14. The molecule has 2 aliphatic rings. The first-order chi connectivity index (χ1) is 13.3. The number of nitrogens with zero attached hydrogens (tertiary/aromatic N) is 5. The smallest absolute Gasteiger partial charge is 0.274 e. The van der Waals surface area contributed by atoms with Gasteiger partial charge in [0.1, 0.15) is 5.69 Å². The van der Waals surface area contributed by atoms with E-state index in [0.717, 1.165) is 45.0 Å². The molecule has 1 atom stereocenters. The monoisotopic (exact) mass is 411 g/mol. The zero-order valence-electron chi connectivity index (χ0n) is 16.6. The lowest BCUT2D eigenvalue weighted by Gasteiger charge is -2.30. The van der Waals surface area contributed by atoms with Gasteiger partial charge in [0.15, 0.2) is 0 Å². The summed E-state index contributed by atoms with van der Waals surface area (Å²) < 4.78 is 31.6. The molecule has 0 aromatic carbocycles. The highest BCUT2D eigenvalue weighted by Crippen LogP contribution is 2.20. The number of carbonyl (C=O) groups is 1. The second-order valence-electron chi connectivity index (χ2n) is 7.42. The molecule has 1 aromatic rings. The maximum absolute atomic E-state index is 12.6. The molecule has 0 saturated carbocycles. The van der Waals surface area contributed by atoms with Crippen molar-refractivity contribution in [1.82, 2.24) is 24.1 Å². The van der Waals surface area contributed by atoms with Crippen molar-refractivity contribution < 1.29 is 17.9 Å². The third-order valence-electron chi connectivity index (χ3n) is 5.24. The summed E-state index contributed by atoms with van der Waals surface area (Å²) in [5, 5.41) is 0. The summed E-state index contributed by atoms with van der Waals surface area (Å²) in [6, 6.07) is -0.193. The normalized spacial score (nSPS) is 21.4. The van der Waals surface area contributed by atoms with Crippen LogP contribution in [0.4, 0.5) is 0 Å². The van der Waals surface area contributed by atoms with E-state index in [4.69, 9.17) is 4.74 Å². The van der Waals surface area contributed by atoms with Crippen molar-refractivity contribution in [1.29, 1.82) is 0 Å². The number of hydrogen-bond donors (Lipinski definition) is 0. The first kappa shape index (κ1) is 21.1. The van der Waals surface area contributed by atoms with Crippen molar-refractivity contribution in [2.45, 2.75) is 25.8 Å². The van der Waals surface area contributed by atoms with E-state index in [0.29, 0.717) is 31.7 Å². The fourth-order valence-electron chi connectivity index (χ4n) is 3.72. The Labute approximate surface area is 166 Å². The second-order valence-corrected chi connectivity index (χ2v) is 9.35. The van der Waals surface area contributed by atoms with Gasteiger partial charge in [0, 0.05) is 45.0 Å². The SMILES string of the molecule is Cc1cnc(C(=O)N2CCC(N(CCCN3CCOCC3)S(C)(=O)=O)C2)cn1. The fraction of sp³-hybridized carbons (Fsp3) is 0.722. The Bertz CT molecular complexity index is 765. The lowest BCUT2D eigenvalue weighted by molar-refractivity contribution is 0.0366. The predicted octanol–water partition coefficient (Wildman–Crippen LogP) is -0.0166. The van der Waals surface area contributed by atoms with E-state index in [-0.39, 0.29) is 11.9 Å². The van der Waals surface area contributed by atoms with Gasteiger partial charge in [-0.3, -0.25) is 14.7 Å². The highest BCUT2D eigenvalue weighted by Gasteiger charge is 2.35. The zero-order valence-corrected chi connectivity index (χ0v) is 17.4. The van der Waals surface area contributed by atoms with Crippen LogP contribution in [0.3, 0.4) is 0 Å². The van der Waals surface area contributed by atoms with E-state index < -0.39 is 10.0 Å². The molecule has 2 fully saturated rings. The zero-order chi connectivity index (χ0) is 20.1. The summed E-state index contributed by atoms with van der Waals surface area (Å²) in [4.78, 5) is 24.9. The van der Waals surface area contributed by atoms with Gasteiger partial charge in [-0.15, -0.1) is 0 Å². The van der Waals surface area contributed by atoms with E-state index in [9.17, 15) is 13.2 Å². The van der Waals surface area contributed by atoms with Crippen molar-refractivity contribution in [2.75, 3.05) is 58.7 Å². The number of likely N-dealkylation sites (tertiary alicyclic amines) is 1. The molecule has 0 bridgehead atoms. The van der Waals surface area contributed by atoms with Crippen molar-refractivity contribution in [3.8, 4) is 0 Å². The van der Waals surface area contributed by atoms with Crippen LogP contribution in [0.2, 0.25) is 0 Å². The average molecular weight is 412 g/mol. The van der Waals surface area contributed by atoms with E-state index in [1.165, 1.54) is 12.5 Å². The number of aryl methyl sites for hydroxylation is 1. The maximum atomic E-state index is 12.6. The van der Waals surface area contributed by atoms with Crippen LogP contribution in [0.15, 0.2) is 12.4 Å². The summed E-state index contributed by atoms with van der Waals surface area (Å²) in [5.74, 6) is -0.197. The molecule has 2 saturated heterocycles. The largest absolute Gasteiger partial charge is 0.379 e. The van der Waals surface area contributed by atoms with Crippen LogP contribution in [0, 0.1) is 6.92 Å². The Hall–Kier alpha value is -1.62. The molecule has 0 N–H and O–H groups in total. The van der Waals surface area contributed by atoms with Crippen molar-refractivity contribution in [3.63, 3.8) is 0 Å². The second kappa shape index (κ2) is 9.25. The first-order valence-corrected chi connectivity index (χ1v) is 11.5. The van der Waals surface area contributed by atoms with E-state index in [1.807, 2.05) is 6.92 Å². The molecule has 0 spiro atoms. The molecule has 3 heterocycles. The van der Waals surface area contributed by atoms with Gasteiger partial charge >= 0.3 is 0 Å². The number of carbonyl (C=O) groups excluding carboxylic acids is 1. The molecule has 1 aromatic heterocycles. The number of morpholine rings is 1. The Kier molecular flexibility index (Phi) is 6.97. The molecular formula is C18H29N5O4S. The number of amides is 1. The van der Waals surface area contributed by atoms with Gasteiger partial charge in [-0.25, -0.2) is 13.4 Å². The minimum absolute atomic E-state index is 0.193. The Morgan fingerprint density at radius 1 is 1.25 bits per heavy atom. The van der Waals surface area contributed by atoms with E-state index >= 15 is 0 Å². The number of aromatic nitrogens is 2. The van der Waals surface area contributed by atoms with Crippen molar-refractivity contribution in [2.24, 2.45) is 0 Å². The van der Waals surface area contributed by atoms with Crippen molar-refractivity contribution >= 4 is 15.9 Å². The lowest BCUT2D eigenvalue weighted by atomic mass is 10.2. The van der Waals surface area contributed by atoms with Gasteiger partial charge < -0.3 is 9.64 Å². The fourth-order valence-corrected chi connectivity index (χ4v) is 4.89. The standard InChI is InChI=1S/C18H29N5O4S/c1-15-12-20-17(13-19-15)18(24)22-7-4-16(14-22)23(28(2,25)26)6-3-5-21-8-10-27-11-9-21/h12-13,16H,3-11,14H2,1-2H3. The van der Waals surface area contributed by atoms with Gasteiger partial charge in [-0.2, -0.15) is 4.31 Å². The van der Waals surface area contributed by atoms with Gasteiger partial charge in [-0.1, -0.05) is 0 Å². The van der Waals surface area contributed by atoms with Crippen LogP contribution in [-0.2, 0) is 14.8 Å². The maximum Gasteiger partial charge on any atom is 0.274 e. The van der Waals surface area contributed by atoms with Gasteiger partial charge in [0.2, 0.25) is 10.0 Å². The summed E-state index contributed by atoms with van der Waals surface area (Å²) in [6.45, 7) is 7.29. The number of sulfonamides is 1. The van der Waals surface area contributed by atoms with Crippen LogP contribution in [0.1, 0.15) is 29.0 Å². The van der Waals surface area contributed by atoms with E-state index in [2.05, 4.69) is 14.9 Å². The number of ether oxygens (including phenoxy) is 1. The lowest BCUT2D eigenvalue weighted by Crippen LogP contribution is -2.44. The summed E-state index contributed by atoms with van der Waals surface area (Å²) >= 11 is 0. The highest BCUT2D eigenvalue weighted by molar-refractivity contribution is 7.88. The van der Waals surface area contributed by atoms with Crippen LogP contribution in [-0.4, -0.2) is 103 Å². The third-order valence-corrected chi connectivity index (χ3v) is 6.57. The molecule has 0 radical (unpaired) electrons. The minimum atomic E-state index is -3.35. The molecule has 3 rings (SSSR count). The summed E-state index contributed by atoms with van der Waals surface area (Å²) in [5.41, 5.74) is 1.05. The molecule has 28 heavy (non-hydrogen) atoms. The molecule has 2 aliphatic heterocycles. The molecule has 1 amide bonds. The molecule has 1 unspecified atom stereocenters. The molecule has 0 aliphatic carbocycles. The summed E-state index contributed by atoms with van der Waals surface area (Å²) in [6.07, 6.45) is 5.69.